The second kappa shape index (κ2) is 6.74. The smallest absolute Gasteiger partial charge is 0.272 e. The molecule has 9 heteroatoms. The lowest BCUT2D eigenvalue weighted by atomic mass is 10.1. The van der Waals surface area contributed by atoms with E-state index < -0.39 is 10.0 Å². The molecule has 0 bridgehead atoms. The molecule has 2 heterocycles. The molecule has 0 spiro atoms. The predicted octanol–water partition coefficient (Wildman–Crippen LogP) is 0.210. The number of hydrogen-bond acceptors (Lipinski definition) is 5. The van der Waals surface area contributed by atoms with Gasteiger partial charge in [0, 0.05) is 32.4 Å². The number of hydrogen-bond donors (Lipinski definition) is 1. The number of amides is 1. The van der Waals surface area contributed by atoms with Gasteiger partial charge in [-0.25, -0.2) is 12.7 Å². The lowest BCUT2D eigenvalue weighted by Crippen LogP contribution is -2.43. The quantitative estimate of drug-likeness (QED) is 0.816. The molecule has 0 unspecified atom stereocenters. The number of sulfonamides is 1. The van der Waals surface area contributed by atoms with Gasteiger partial charge < -0.3 is 10.1 Å². The summed E-state index contributed by atoms with van der Waals surface area (Å²) in [5, 5.41) is 7.95. The Labute approximate surface area is 146 Å². The van der Waals surface area contributed by atoms with Crippen molar-refractivity contribution in [2.45, 2.75) is 6.04 Å². The van der Waals surface area contributed by atoms with Gasteiger partial charge in [0.05, 0.1) is 30.5 Å². The first-order valence-corrected chi connectivity index (χ1v) is 9.61. The van der Waals surface area contributed by atoms with Gasteiger partial charge in [-0.05, 0) is 6.07 Å². The summed E-state index contributed by atoms with van der Waals surface area (Å²) < 4.78 is 32.5. The normalized spacial score (nSPS) is 21.1. The number of nitrogens with zero attached hydrogens (tertiary/aromatic N) is 3. The summed E-state index contributed by atoms with van der Waals surface area (Å²) in [6.07, 6.45) is 0. The van der Waals surface area contributed by atoms with Crippen LogP contribution in [-0.4, -0.2) is 67.5 Å². The largest absolute Gasteiger partial charge is 0.379 e. The lowest BCUT2D eigenvalue weighted by molar-refractivity contribution is 0.0922. The Morgan fingerprint density at radius 3 is 2.80 bits per heavy atom. The van der Waals surface area contributed by atoms with E-state index >= 15 is 0 Å². The minimum absolute atomic E-state index is 0.0616. The van der Waals surface area contributed by atoms with Crippen molar-refractivity contribution in [1.29, 1.82) is 0 Å². The van der Waals surface area contributed by atoms with E-state index in [0.717, 1.165) is 10.9 Å². The third-order valence-corrected chi connectivity index (χ3v) is 6.43. The molecule has 136 valence electrons. The van der Waals surface area contributed by atoms with E-state index in [0.29, 0.717) is 18.9 Å². The van der Waals surface area contributed by atoms with Crippen molar-refractivity contribution in [2.75, 3.05) is 33.1 Å². The number of nitrogens with one attached hydrogen (secondary N) is 1. The summed E-state index contributed by atoms with van der Waals surface area (Å²) in [6, 6.07) is 7.12. The Morgan fingerprint density at radius 1 is 1.36 bits per heavy atom. The van der Waals surface area contributed by atoms with Crippen LogP contribution in [0.5, 0.6) is 0 Å². The van der Waals surface area contributed by atoms with Crippen LogP contribution in [0, 0.1) is 5.92 Å². The Kier molecular flexibility index (Phi) is 4.81. The molecule has 1 amide bonds. The van der Waals surface area contributed by atoms with Crippen molar-refractivity contribution in [2.24, 2.45) is 13.0 Å². The van der Waals surface area contributed by atoms with Crippen LogP contribution >= 0.6 is 0 Å². The number of para-hydroxylation sites is 1. The fourth-order valence-corrected chi connectivity index (χ4v) is 4.13. The fraction of sp³-hybridized carbons (Fsp3) is 0.500. The zero-order valence-corrected chi connectivity index (χ0v) is 15.3. The molecule has 3 rings (SSSR count). The van der Waals surface area contributed by atoms with Gasteiger partial charge in [0.15, 0.2) is 5.69 Å². The molecule has 1 aromatic carbocycles. The molecular weight excluding hydrogens is 344 g/mol. The standard InChI is InChI=1S/C16H22N4O4S/c1-19(2)25(22,23)10-11-8-24-9-13(11)17-16(21)15-12-6-4-5-7-14(12)20(3)18-15/h4-7,11,13H,8-10H2,1-3H3,(H,17,21)/t11-,13-/m0/s1. The molecular formula is C16H22N4O4S. The van der Waals surface area contributed by atoms with Crippen molar-refractivity contribution in [3.05, 3.63) is 30.0 Å². The van der Waals surface area contributed by atoms with E-state index in [-0.39, 0.29) is 23.6 Å². The van der Waals surface area contributed by atoms with Crippen LogP contribution < -0.4 is 5.32 Å². The molecule has 0 saturated carbocycles. The van der Waals surface area contributed by atoms with Crippen LogP contribution in [-0.2, 0) is 21.8 Å². The van der Waals surface area contributed by atoms with E-state index in [9.17, 15) is 13.2 Å². The SMILES string of the molecule is CN(C)S(=O)(=O)C[C@@H]1COC[C@@H]1NC(=O)c1nn(C)c2ccccc12. The van der Waals surface area contributed by atoms with Crippen LogP contribution in [0.15, 0.2) is 24.3 Å². The van der Waals surface area contributed by atoms with Gasteiger partial charge >= 0.3 is 0 Å². The average Bonchev–Trinajstić information content (AvgIpc) is 3.12. The number of carbonyl (C=O) groups is 1. The highest BCUT2D eigenvalue weighted by atomic mass is 32.2. The van der Waals surface area contributed by atoms with E-state index in [1.807, 2.05) is 24.3 Å². The fourth-order valence-electron chi connectivity index (χ4n) is 2.96. The molecule has 0 radical (unpaired) electrons. The first-order valence-electron chi connectivity index (χ1n) is 8.00. The number of ether oxygens (including phenoxy) is 1. The molecule has 2 aromatic rings. The Bertz CT molecular complexity index is 891. The van der Waals surface area contributed by atoms with Crippen LogP contribution in [0.25, 0.3) is 10.9 Å². The van der Waals surface area contributed by atoms with Gasteiger partial charge in [-0.3, -0.25) is 9.48 Å². The topological polar surface area (TPSA) is 93.5 Å². The van der Waals surface area contributed by atoms with Gasteiger partial charge in [-0.15, -0.1) is 0 Å². The molecule has 1 aliphatic rings. The molecule has 2 atom stereocenters. The first-order chi connectivity index (χ1) is 11.8. The second-order valence-corrected chi connectivity index (χ2v) is 8.66. The molecule has 1 aliphatic heterocycles. The van der Waals surface area contributed by atoms with Gasteiger partial charge in [0.2, 0.25) is 10.0 Å². The van der Waals surface area contributed by atoms with Crippen LogP contribution in [0.2, 0.25) is 0 Å². The minimum Gasteiger partial charge on any atom is -0.379 e. The summed E-state index contributed by atoms with van der Waals surface area (Å²) in [7, 11) is 1.42. The molecule has 1 fully saturated rings. The molecule has 0 aliphatic carbocycles. The average molecular weight is 366 g/mol. The predicted molar refractivity (Wildman–Crippen MR) is 93.8 cm³/mol. The number of carbonyl (C=O) groups excluding carboxylic acids is 1. The maximum Gasteiger partial charge on any atom is 0.272 e. The molecule has 1 saturated heterocycles. The van der Waals surface area contributed by atoms with Crippen LogP contribution in [0.1, 0.15) is 10.5 Å². The maximum atomic E-state index is 12.7. The van der Waals surface area contributed by atoms with Crippen LogP contribution in [0.4, 0.5) is 0 Å². The van der Waals surface area contributed by atoms with E-state index in [4.69, 9.17) is 4.74 Å². The van der Waals surface area contributed by atoms with E-state index in [1.54, 1.807) is 11.7 Å². The zero-order valence-electron chi connectivity index (χ0n) is 14.5. The second-order valence-electron chi connectivity index (χ2n) is 6.43. The van der Waals surface area contributed by atoms with Gasteiger partial charge in [-0.1, -0.05) is 18.2 Å². The van der Waals surface area contributed by atoms with Gasteiger partial charge in [0.1, 0.15) is 0 Å². The van der Waals surface area contributed by atoms with Crippen molar-refractivity contribution < 1.29 is 17.9 Å². The summed E-state index contributed by atoms with van der Waals surface area (Å²) in [5.74, 6) is -0.667. The van der Waals surface area contributed by atoms with Crippen molar-refractivity contribution >= 4 is 26.8 Å². The summed E-state index contributed by atoms with van der Waals surface area (Å²) in [5.41, 5.74) is 1.20. The monoisotopic (exact) mass is 366 g/mol. The van der Waals surface area contributed by atoms with Gasteiger partial charge in [0.25, 0.3) is 5.91 Å². The summed E-state index contributed by atoms with van der Waals surface area (Å²) in [4.78, 5) is 12.7. The zero-order chi connectivity index (χ0) is 18.2. The molecule has 25 heavy (non-hydrogen) atoms. The molecule has 1 N–H and O–H groups in total. The number of aromatic nitrogens is 2. The highest BCUT2D eigenvalue weighted by Crippen LogP contribution is 2.20. The number of fused-ring (bicyclic) bond motifs is 1. The number of rotatable bonds is 5. The molecule has 1 aromatic heterocycles. The van der Waals surface area contributed by atoms with E-state index in [2.05, 4.69) is 10.4 Å². The van der Waals surface area contributed by atoms with Crippen LogP contribution in [0.3, 0.4) is 0 Å². The summed E-state index contributed by atoms with van der Waals surface area (Å²) in [6.45, 7) is 0.602. The number of benzene rings is 1. The Balaban J connectivity index is 1.78. The summed E-state index contributed by atoms with van der Waals surface area (Å²) >= 11 is 0. The Hall–Kier alpha value is -1.97. The van der Waals surface area contributed by atoms with E-state index in [1.165, 1.54) is 18.4 Å². The first kappa shape index (κ1) is 17.8. The third-order valence-electron chi connectivity index (χ3n) is 4.47. The van der Waals surface area contributed by atoms with Crippen molar-refractivity contribution in [3.63, 3.8) is 0 Å². The number of aryl methyl sites for hydroxylation is 1. The van der Waals surface area contributed by atoms with Crippen molar-refractivity contribution in [1.82, 2.24) is 19.4 Å². The highest BCUT2D eigenvalue weighted by molar-refractivity contribution is 7.89. The maximum absolute atomic E-state index is 12.7. The Morgan fingerprint density at radius 2 is 2.08 bits per heavy atom. The highest BCUT2D eigenvalue weighted by Gasteiger charge is 2.34. The lowest BCUT2D eigenvalue weighted by Gasteiger charge is -2.20. The third kappa shape index (κ3) is 3.53. The van der Waals surface area contributed by atoms with Crippen molar-refractivity contribution in [3.8, 4) is 0 Å². The minimum atomic E-state index is -3.36. The van der Waals surface area contributed by atoms with Gasteiger partial charge in [-0.2, -0.15) is 5.10 Å². The molecule has 8 nitrogen and oxygen atoms in total.